The Hall–Kier alpha value is -2.54. The molecule has 2 aliphatic carbocycles. The lowest BCUT2D eigenvalue weighted by Crippen LogP contribution is -2.48. The van der Waals surface area contributed by atoms with Crippen LogP contribution in [-0.2, 0) is 16.0 Å². The number of methoxy groups -OCH3 is 1. The van der Waals surface area contributed by atoms with Crippen molar-refractivity contribution in [3.63, 3.8) is 0 Å². The van der Waals surface area contributed by atoms with Gasteiger partial charge in [-0.3, -0.25) is 9.59 Å². The van der Waals surface area contributed by atoms with Crippen LogP contribution in [0, 0.1) is 5.92 Å². The van der Waals surface area contributed by atoms with Crippen molar-refractivity contribution in [3.05, 3.63) is 46.2 Å². The van der Waals surface area contributed by atoms with Gasteiger partial charge in [-0.25, -0.2) is 0 Å². The Labute approximate surface area is 186 Å². The number of rotatable bonds is 8. The lowest BCUT2D eigenvalue weighted by molar-refractivity contribution is -0.143. The number of thiophene rings is 1. The highest BCUT2D eigenvalue weighted by Crippen LogP contribution is 2.38. The van der Waals surface area contributed by atoms with Crippen molar-refractivity contribution in [2.45, 2.75) is 44.2 Å². The van der Waals surface area contributed by atoms with Crippen molar-refractivity contribution in [1.82, 2.24) is 9.80 Å². The van der Waals surface area contributed by atoms with Gasteiger partial charge >= 0.3 is 0 Å². The van der Waals surface area contributed by atoms with Gasteiger partial charge in [0, 0.05) is 23.4 Å². The second-order valence-electron chi connectivity index (χ2n) is 8.59. The van der Waals surface area contributed by atoms with Gasteiger partial charge in [0.05, 0.1) is 13.2 Å². The third kappa shape index (κ3) is 4.28. The summed E-state index contributed by atoms with van der Waals surface area (Å²) < 4.78 is 11.5. The number of ether oxygens (including phenoxy) is 2. The molecule has 0 radical (unpaired) electrons. The van der Waals surface area contributed by atoms with Gasteiger partial charge in [0.2, 0.25) is 11.8 Å². The van der Waals surface area contributed by atoms with Crippen molar-refractivity contribution >= 4 is 23.2 Å². The highest BCUT2D eigenvalue weighted by atomic mass is 32.1. The number of benzene rings is 1. The van der Waals surface area contributed by atoms with E-state index in [0.717, 1.165) is 37.7 Å². The van der Waals surface area contributed by atoms with E-state index in [0.29, 0.717) is 24.7 Å². The molecule has 0 bridgehead atoms. The van der Waals surface area contributed by atoms with Crippen LogP contribution in [0.25, 0.3) is 0 Å². The lowest BCUT2D eigenvalue weighted by Gasteiger charge is -2.37. The van der Waals surface area contributed by atoms with Crippen LogP contribution in [0.1, 0.15) is 42.2 Å². The maximum Gasteiger partial charge on any atom is 0.242 e. The van der Waals surface area contributed by atoms with Crippen LogP contribution in [-0.4, -0.2) is 54.5 Å². The molecule has 0 N–H and O–H groups in total. The van der Waals surface area contributed by atoms with E-state index in [-0.39, 0.29) is 36.4 Å². The molecular weight excluding hydrogens is 412 g/mol. The van der Waals surface area contributed by atoms with Crippen molar-refractivity contribution in [1.29, 1.82) is 0 Å². The van der Waals surface area contributed by atoms with E-state index >= 15 is 0 Å². The molecule has 6 nitrogen and oxygen atoms in total. The average Bonchev–Trinajstić information content (AvgIpc) is 3.72. The van der Waals surface area contributed by atoms with Crippen molar-refractivity contribution in [3.8, 4) is 11.5 Å². The predicted molar refractivity (Wildman–Crippen MR) is 118 cm³/mol. The van der Waals surface area contributed by atoms with E-state index < -0.39 is 0 Å². The van der Waals surface area contributed by atoms with Crippen LogP contribution >= 0.6 is 11.3 Å². The molecule has 0 saturated heterocycles. The smallest absolute Gasteiger partial charge is 0.242 e. The van der Waals surface area contributed by atoms with Crippen LogP contribution < -0.4 is 9.47 Å². The molecule has 2 heterocycles. The highest BCUT2D eigenvalue weighted by Gasteiger charge is 2.42. The van der Waals surface area contributed by atoms with Gasteiger partial charge in [0.25, 0.3) is 0 Å². The predicted octanol–water partition coefficient (Wildman–Crippen LogP) is 3.66. The molecule has 1 aromatic carbocycles. The van der Waals surface area contributed by atoms with Crippen LogP contribution in [0.15, 0.2) is 35.7 Å². The quantitative estimate of drug-likeness (QED) is 0.629. The van der Waals surface area contributed by atoms with E-state index in [4.69, 9.17) is 9.47 Å². The van der Waals surface area contributed by atoms with E-state index in [1.165, 1.54) is 4.88 Å². The van der Waals surface area contributed by atoms with E-state index in [9.17, 15) is 9.59 Å². The summed E-state index contributed by atoms with van der Waals surface area (Å²) in [5.41, 5.74) is 1.16. The minimum absolute atomic E-state index is 0.0198. The Balaban J connectivity index is 1.33. The molecule has 1 aromatic heterocycles. The fourth-order valence-electron chi connectivity index (χ4n) is 4.36. The molecule has 164 valence electrons. The van der Waals surface area contributed by atoms with Gasteiger partial charge in [-0.05, 0) is 61.2 Å². The summed E-state index contributed by atoms with van der Waals surface area (Å²) in [4.78, 5) is 31.2. The summed E-state index contributed by atoms with van der Waals surface area (Å²) in [6.45, 7) is 1.20. The summed E-state index contributed by atoms with van der Waals surface area (Å²) in [5.74, 6) is 1.68. The molecule has 2 saturated carbocycles. The molecule has 3 aliphatic rings. The van der Waals surface area contributed by atoms with E-state index in [1.54, 1.807) is 18.4 Å². The zero-order chi connectivity index (χ0) is 21.4. The molecular formula is C24H28N2O4S. The van der Waals surface area contributed by atoms with Crippen molar-refractivity contribution in [2.75, 3.05) is 26.8 Å². The molecule has 31 heavy (non-hydrogen) atoms. The summed E-state index contributed by atoms with van der Waals surface area (Å²) in [6.07, 6.45) is 4.81. The minimum atomic E-state index is -0.163. The zero-order valence-corrected chi connectivity index (χ0v) is 18.6. The Morgan fingerprint density at radius 2 is 1.90 bits per heavy atom. The van der Waals surface area contributed by atoms with Crippen LogP contribution in [0.4, 0.5) is 0 Å². The highest BCUT2D eigenvalue weighted by molar-refractivity contribution is 7.10. The number of carbonyl (C=O) groups excluding carboxylic acids is 2. The summed E-state index contributed by atoms with van der Waals surface area (Å²) in [7, 11) is 1.62. The molecule has 0 unspecified atom stereocenters. The van der Waals surface area contributed by atoms with Gasteiger partial charge in [0.15, 0.2) is 11.5 Å². The first-order valence-electron chi connectivity index (χ1n) is 11.1. The summed E-state index contributed by atoms with van der Waals surface area (Å²) in [5, 5.41) is 2.09. The first-order valence-corrected chi connectivity index (χ1v) is 12.0. The van der Waals surface area contributed by atoms with E-state index in [1.807, 2.05) is 34.1 Å². The first kappa shape index (κ1) is 20.4. The molecule has 5 rings (SSSR count). The monoisotopic (exact) mass is 440 g/mol. The Kier molecular flexibility index (Phi) is 5.61. The van der Waals surface area contributed by atoms with Crippen LogP contribution in [0.2, 0.25) is 0 Å². The maximum atomic E-state index is 13.4. The number of hydrogen-bond donors (Lipinski definition) is 0. The number of fused-ring (bicyclic) bond motifs is 1. The zero-order valence-electron chi connectivity index (χ0n) is 17.8. The van der Waals surface area contributed by atoms with Crippen molar-refractivity contribution in [2.24, 2.45) is 5.92 Å². The van der Waals surface area contributed by atoms with Gasteiger partial charge in [-0.15, -0.1) is 11.3 Å². The molecule has 2 amide bonds. The van der Waals surface area contributed by atoms with Crippen LogP contribution in [0.3, 0.4) is 0 Å². The SMILES string of the molecule is COc1ccccc1OC[C@@H]1c2ccsc2CCN1C(=O)CN(C(=O)C1CC1)C1CC1. The molecule has 2 fully saturated rings. The van der Waals surface area contributed by atoms with Crippen LogP contribution in [0.5, 0.6) is 11.5 Å². The molecule has 1 aliphatic heterocycles. The number of nitrogens with zero attached hydrogens (tertiary/aromatic N) is 2. The van der Waals surface area contributed by atoms with Gasteiger partial charge < -0.3 is 19.3 Å². The average molecular weight is 441 g/mol. The summed E-state index contributed by atoms with van der Waals surface area (Å²) in [6, 6.07) is 9.75. The third-order valence-corrected chi connectivity index (χ3v) is 7.38. The van der Waals surface area contributed by atoms with E-state index in [2.05, 4.69) is 11.4 Å². The minimum Gasteiger partial charge on any atom is -0.493 e. The lowest BCUT2D eigenvalue weighted by atomic mass is 10.0. The molecule has 1 atom stereocenters. The number of hydrogen-bond acceptors (Lipinski definition) is 5. The van der Waals surface area contributed by atoms with Crippen molar-refractivity contribution < 1.29 is 19.1 Å². The molecule has 0 spiro atoms. The third-order valence-electron chi connectivity index (χ3n) is 6.38. The second kappa shape index (κ2) is 8.54. The summed E-state index contributed by atoms with van der Waals surface area (Å²) >= 11 is 1.74. The topological polar surface area (TPSA) is 59.1 Å². The Morgan fingerprint density at radius 1 is 1.13 bits per heavy atom. The fourth-order valence-corrected chi connectivity index (χ4v) is 5.28. The second-order valence-corrected chi connectivity index (χ2v) is 9.59. The Bertz CT molecular complexity index is 966. The normalized spacial score (nSPS) is 20.2. The maximum absolute atomic E-state index is 13.4. The van der Waals surface area contributed by atoms with Gasteiger partial charge in [0.1, 0.15) is 13.2 Å². The van der Waals surface area contributed by atoms with Gasteiger partial charge in [-0.1, -0.05) is 12.1 Å². The standard InChI is InChI=1S/C24H28N2O4S/c1-29-20-4-2-3-5-21(20)30-15-19-18-11-13-31-22(18)10-12-25(19)23(27)14-26(17-8-9-17)24(28)16-6-7-16/h2-5,11,13,16-17,19H,6-10,12,14-15H2,1H3/t19-/m1/s1. The number of para-hydroxylation sites is 2. The largest absolute Gasteiger partial charge is 0.493 e. The molecule has 2 aromatic rings. The fraction of sp³-hybridized carbons (Fsp3) is 0.500. The number of amides is 2. The molecule has 7 heteroatoms. The Morgan fingerprint density at radius 3 is 2.61 bits per heavy atom. The first-order chi connectivity index (χ1) is 15.2. The number of carbonyl (C=O) groups is 2. The van der Waals surface area contributed by atoms with Gasteiger partial charge in [-0.2, -0.15) is 0 Å².